The summed E-state index contributed by atoms with van der Waals surface area (Å²) in [5.41, 5.74) is -1.28. The van der Waals surface area contributed by atoms with Gasteiger partial charge in [-0.3, -0.25) is 4.79 Å². The maximum absolute atomic E-state index is 11.6. The lowest BCUT2D eigenvalue weighted by Gasteiger charge is -2.27. The lowest BCUT2D eigenvalue weighted by Crippen LogP contribution is -2.51. The Kier molecular flexibility index (Phi) is 6.91. The second-order valence-electron chi connectivity index (χ2n) is 6.09. The van der Waals surface area contributed by atoms with E-state index in [2.05, 4.69) is 15.4 Å². The molecule has 7 nitrogen and oxygen atoms in total. The van der Waals surface area contributed by atoms with Crippen LogP contribution in [0.5, 0.6) is 0 Å². The molecule has 0 saturated carbocycles. The molecule has 0 aromatic heterocycles. The van der Waals surface area contributed by atoms with Crippen LogP contribution >= 0.6 is 0 Å². The molecule has 0 aliphatic carbocycles. The Morgan fingerprint density at radius 1 is 1.05 bits per heavy atom. The number of carbonyl (C=O) groups excluding carboxylic acids is 3. The van der Waals surface area contributed by atoms with Crippen molar-refractivity contribution in [1.29, 1.82) is 0 Å². The quantitative estimate of drug-likeness (QED) is 0.586. The van der Waals surface area contributed by atoms with Gasteiger partial charge in [-0.15, -0.1) is 0 Å². The first kappa shape index (κ1) is 18.9. The maximum atomic E-state index is 11.6. The van der Waals surface area contributed by atoms with E-state index < -0.39 is 29.1 Å². The SMILES string of the molecule is COC(=O)C=CC(=O)NC(C)(C)CNC(=O)OC(C)(C)C. The number of rotatable bonds is 5. The zero-order valence-electron chi connectivity index (χ0n) is 13.4. The molecule has 120 valence electrons. The van der Waals surface area contributed by atoms with Crippen LogP contribution in [0.3, 0.4) is 0 Å². The van der Waals surface area contributed by atoms with E-state index in [1.807, 2.05) is 0 Å². The van der Waals surface area contributed by atoms with Crippen LogP contribution in [0.25, 0.3) is 0 Å². The Balaban J connectivity index is 4.31. The van der Waals surface area contributed by atoms with Gasteiger partial charge in [0.2, 0.25) is 5.91 Å². The molecule has 0 atom stereocenters. The third kappa shape index (κ3) is 10.4. The predicted octanol–water partition coefficient (Wildman–Crippen LogP) is 1.14. The van der Waals surface area contributed by atoms with Crippen molar-refractivity contribution in [3.05, 3.63) is 12.2 Å². The molecule has 21 heavy (non-hydrogen) atoms. The van der Waals surface area contributed by atoms with Crippen molar-refractivity contribution in [2.45, 2.75) is 45.8 Å². The van der Waals surface area contributed by atoms with Crippen molar-refractivity contribution in [3.63, 3.8) is 0 Å². The van der Waals surface area contributed by atoms with Gasteiger partial charge in [-0.05, 0) is 34.6 Å². The predicted molar refractivity (Wildman–Crippen MR) is 77.6 cm³/mol. The smallest absolute Gasteiger partial charge is 0.407 e. The van der Waals surface area contributed by atoms with E-state index in [1.54, 1.807) is 34.6 Å². The van der Waals surface area contributed by atoms with Crippen molar-refractivity contribution in [3.8, 4) is 0 Å². The van der Waals surface area contributed by atoms with E-state index in [0.717, 1.165) is 12.2 Å². The van der Waals surface area contributed by atoms with E-state index in [1.165, 1.54) is 7.11 Å². The molecule has 0 radical (unpaired) electrons. The van der Waals surface area contributed by atoms with E-state index in [0.29, 0.717) is 0 Å². The van der Waals surface area contributed by atoms with Crippen LogP contribution in [0.1, 0.15) is 34.6 Å². The van der Waals surface area contributed by atoms with Gasteiger partial charge < -0.3 is 20.1 Å². The highest BCUT2D eigenvalue weighted by Gasteiger charge is 2.22. The summed E-state index contributed by atoms with van der Waals surface area (Å²) in [7, 11) is 1.22. The number of esters is 1. The highest BCUT2D eigenvalue weighted by Crippen LogP contribution is 2.07. The average molecular weight is 300 g/mol. The van der Waals surface area contributed by atoms with Gasteiger partial charge in [-0.1, -0.05) is 0 Å². The number of methoxy groups -OCH3 is 1. The molecule has 2 N–H and O–H groups in total. The lowest BCUT2D eigenvalue weighted by molar-refractivity contribution is -0.135. The molecular formula is C14H24N2O5. The van der Waals surface area contributed by atoms with Crippen molar-refractivity contribution in [1.82, 2.24) is 10.6 Å². The highest BCUT2D eigenvalue weighted by atomic mass is 16.6. The number of hydrogen-bond acceptors (Lipinski definition) is 5. The van der Waals surface area contributed by atoms with Crippen molar-refractivity contribution in [2.24, 2.45) is 0 Å². The Morgan fingerprint density at radius 2 is 1.62 bits per heavy atom. The van der Waals surface area contributed by atoms with Gasteiger partial charge in [0.15, 0.2) is 0 Å². The zero-order chi connectivity index (χ0) is 16.7. The topological polar surface area (TPSA) is 93.7 Å². The molecular weight excluding hydrogens is 276 g/mol. The van der Waals surface area contributed by atoms with Crippen molar-refractivity contribution in [2.75, 3.05) is 13.7 Å². The summed E-state index contributed by atoms with van der Waals surface area (Å²) in [5.74, 6) is -1.08. The minimum atomic E-state index is -0.700. The van der Waals surface area contributed by atoms with Crippen LogP contribution in [0.4, 0.5) is 4.79 Å². The Morgan fingerprint density at radius 3 is 2.10 bits per heavy atom. The minimum absolute atomic E-state index is 0.180. The number of hydrogen-bond donors (Lipinski definition) is 2. The van der Waals surface area contributed by atoms with E-state index in [-0.39, 0.29) is 6.54 Å². The summed E-state index contributed by atoms with van der Waals surface area (Å²) in [6.07, 6.45) is 1.53. The normalized spacial score (nSPS) is 11.9. The second-order valence-corrected chi connectivity index (χ2v) is 6.09. The van der Waals surface area contributed by atoms with E-state index >= 15 is 0 Å². The van der Waals surface area contributed by atoms with E-state index in [4.69, 9.17) is 4.74 Å². The molecule has 0 bridgehead atoms. The summed E-state index contributed by atoms with van der Waals surface area (Å²) < 4.78 is 9.47. The van der Waals surface area contributed by atoms with Crippen LogP contribution in [-0.4, -0.2) is 42.8 Å². The third-order valence-corrected chi connectivity index (χ3v) is 2.11. The van der Waals surface area contributed by atoms with Crippen LogP contribution in [-0.2, 0) is 19.1 Å². The molecule has 0 spiro atoms. The Bertz CT molecular complexity index is 422. The molecule has 0 rings (SSSR count). The molecule has 0 aromatic rings. The van der Waals surface area contributed by atoms with Crippen LogP contribution < -0.4 is 10.6 Å². The van der Waals surface area contributed by atoms with Gasteiger partial charge in [-0.25, -0.2) is 9.59 Å². The van der Waals surface area contributed by atoms with Crippen molar-refractivity contribution >= 4 is 18.0 Å². The number of alkyl carbamates (subject to hydrolysis) is 1. The highest BCUT2D eigenvalue weighted by molar-refractivity contribution is 5.94. The van der Waals surface area contributed by atoms with E-state index in [9.17, 15) is 14.4 Å². The molecule has 0 aromatic carbocycles. The molecule has 0 aliphatic rings. The Labute approximate surface area is 125 Å². The molecule has 0 saturated heterocycles. The first-order valence-corrected chi connectivity index (χ1v) is 6.50. The monoisotopic (exact) mass is 300 g/mol. The van der Waals surface area contributed by atoms with Crippen LogP contribution in [0.15, 0.2) is 12.2 Å². The molecule has 0 unspecified atom stereocenters. The summed E-state index contributed by atoms with van der Waals surface area (Å²) >= 11 is 0. The summed E-state index contributed by atoms with van der Waals surface area (Å²) in [6.45, 7) is 8.92. The molecule has 0 heterocycles. The first-order chi connectivity index (χ1) is 9.45. The Hall–Kier alpha value is -2.05. The average Bonchev–Trinajstić information content (AvgIpc) is 2.31. The van der Waals surface area contributed by atoms with Crippen molar-refractivity contribution < 1.29 is 23.9 Å². The number of carbonyl (C=O) groups is 3. The molecule has 0 fully saturated rings. The van der Waals surface area contributed by atoms with Gasteiger partial charge in [0.1, 0.15) is 5.60 Å². The number of ether oxygens (including phenoxy) is 2. The largest absolute Gasteiger partial charge is 0.466 e. The minimum Gasteiger partial charge on any atom is -0.466 e. The zero-order valence-corrected chi connectivity index (χ0v) is 13.4. The van der Waals surface area contributed by atoms with Gasteiger partial charge >= 0.3 is 12.1 Å². The first-order valence-electron chi connectivity index (χ1n) is 6.50. The third-order valence-electron chi connectivity index (χ3n) is 2.11. The van der Waals surface area contributed by atoms with Gasteiger partial charge in [0, 0.05) is 18.7 Å². The lowest BCUT2D eigenvalue weighted by atomic mass is 10.1. The van der Waals surface area contributed by atoms with Gasteiger partial charge in [-0.2, -0.15) is 0 Å². The summed E-state index contributed by atoms with van der Waals surface area (Å²) in [6, 6.07) is 0. The summed E-state index contributed by atoms with van der Waals surface area (Å²) in [5, 5.41) is 5.22. The number of nitrogens with one attached hydrogen (secondary N) is 2. The molecule has 0 aliphatic heterocycles. The maximum Gasteiger partial charge on any atom is 0.407 e. The van der Waals surface area contributed by atoms with Crippen LogP contribution in [0, 0.1) is 0 Å². The second kappa shape index (κ2) is 7.66. The van der Waals surface area contributed by atoms with Gasteiger partial charge in [0.05, 0.1) is 12.6 Å². The fraction of sp³-hybridized carbons (Fsp3) is 0.643. The summed E-state index contributed by atoms with van der Waals surface area (Å²) in [4.78, 5) is 34.0. The molecule has 2 amide bonds. The standard InChI is InChI=1S/C14H24N2O5/c1-13(2,3)21-12(19)15-9-14(4,5)16-10(17)7-8-11(18)20-6/h7-8H,9H2,1-6H3,(H,15,19)(H,16,17). The fourth-order valence-corrected chi connectivity index (χ4v) is 1.24. The van der Waals surface area contributed by atoms with Gasteiger partial charge in [0.25, 0.3) is 0 Å². The van der Waals surface area contributed by atoms with Crippen LogP contribution in [0.2, 0.25) is 0 Å². The fourth-order valence-electron chi connectivity index (χ4n) is 1.24. The molecule has 7 heteroatoms. The number of amides is 2.